The summed E-state index contributed by atoms with van der Waals surface area (Å²) < 4.78 is 16.1. The maximum absolute atomic E-state index is 12.6. The van der Waals surface area contributed by atoms with E-state index in [1.165, 1.54) is 6.07 Å². The highest BCUT2D eigenvalue weighted by Gasteiger charge is 2.25. The molecule has 7 heteroatoms. The van der Waals surface area contributed by atoms with Gasteiger partial charge >= 0.3 is 17.7 Å². The molecule has 3 aromatic rings. The van der Waals surface area contributed by atoms with Crippen LogP contribution < -0.4 is 15.7 Å². The third-order valence-electron chi connectivity index (χ3n) is 4.36. The molecular weight excluding hydrogens is 386 g/mol. The molecule has 0 bridgehead atoms. The van der Waals surface area contributed by atoms with Crippen LogP contribution in [0.25, 0.3) is 21.7 Å². The monoisotopic (exact) mass is 411 g/mol. The van der Waals surface area contributed by atoms with Crippen molar-refractivity contribution in [1.29, 1.82) is 0 Å². The SMILES string of the molecule is CCC[C@H](NC(=O)OC(C)(C)C)C(=O)Oc1ccc2c(c1)oc(=O)c1ccccc12. The van der Waals surface area contributed by atoms with Gasteiger partial charge in [-0.3, -0.25) is 0 Å². The Morgan fingerprint density at radius 1 is 1.07 bits per heavy atom. The number of amides is 1. The fourth-order valence-electron chi connectivity index (χ4n) is 3.10. The van der Waals surface area contributed by atoms with Crippen LogP contribution >= 0.6 is 0 Å². The van der Waals surface area contributed by atoms with Crippen LogP contribution in [0, 0.1) is 0 Å². The van der Waals surface area contributed by atoms with Crippen LogP contribution in [0.15, 0.2) is 51.7 Å². The minimum Gasteiger partial charge on any atom is -0.444 e. The van der Waals surface area contributed by atoms with Crippen molar-refractivity contribution in [1.82, 2.24) is 5.32 Å². The zero-order chi connectivity index (χ0) is 21.9. The van der Waals surface area contributed by atoms with E-state index in [-0.39, 0.29) is 5.75 Å². The van der Waals surface area contributed by atoms with Gasteiger partial charge in [0.05, 0.1) is 5.39 Å². The van der Waals surface area contributed by atoms with Gasteiger partial charge in [-0.2, -0.15) is 0 Å². The van der Waals surface area contributed by atoms with Crippen molar-refractivity contribution < 1.29 is 23.5 Å². The molecule has 1 atom stereocenters. The Hall–Kier alpha value is -3.35. The number of carbonyl (C=O) groups is 2. The second kappa shape index (κ2) is 8.57. The molecule has 0 saturated carbocycles. The summed E-state index contributed by atoms with van der Waals surface area (Å²) in [7, 11) is 0. The molecule has 30 heavy (non-hydrogen) atoms. The predicted molar refractivity (Wildman–Crippen MR) is 114 cm³/mol. The summed E-state index contributed by atoms with van der Waals surface area (Å²) in [6.45, 7) is 7.12. The fraction of sp³-hybridized carbons (Fsp3) is 0.348. The highest BCUT2D eigenvalue weighted by Crippen LogP contribution is 2.26. The van der Waals surface area contributed by atoms with Crippen molar-refractivity contribution in [2.24, 2.45) is 0 Å². The van der Waals surface area contributed by atoms with Crippen LogP contribution in [0.2, 0.25) is 0 Å². The molecule has 1 N–H and O–H groups in total. The van der Waals surface area contributed by atoms with Gasteiger partial charge in [0.15, 0.2) is 0 Å². The standard InChI is InChI=1S/C23H25NO6/c1-5-8-18(24-22(27)30-23(2,3)4)21(26)28-14-11-12-16-15-9-6-7-10-17(15)20(25)29-19(16)13-14/h6-7,9-13,18H,5,8H2,1-4H3,(H,24,27)/t18-/m0/s1. The lowest BCUT2D eigenvalue weighted by Gasteiger charge is -2.22. The third-order valence-corrected chi connectivity index (χ3v) is 4.36. The Balaban J connectivity index is 1.83. The molecule has 0 fully saturated rings. The van der Waals surface area contributed by atoms with E-state index < -0.39 is 29.3 Å². The van der Waals surface area contributed by atoms with Crippen LogP contribution in [0.1, 0.15) is 40.5 Å². The molecule has 0 aliphatic rings. The Morgan fingerprint density at radius 3 is 2.43 bits per heavy atom. The lowest BCUT2D eigenvalue weighted by Crippen LogP contribution is -2.45. The van der Waals surface area contributed by atoms with E-state index in [0.29, 0.717) is 23.8 Å². The van der Waals surface area contributed by atoms with Crippen LogP contribution in [-0.2, 0) is 9.53 Å². The highest BCUT2D eigenvalue weighted by atomic mass is 16.6. The lowest BCUT2D eigenvalue weighted by atomic mass is 10.1. The lowest BCUT2D eigenvalue weighted by molar-refractivity contribution is -0.137. The van der Waals surface area contributed by atoms with Crippen molar-refractivity contribution >= 4 is 33.8 Å². The van der Waals surface area contributed by atoms with Gasteiger partial charge < -0.3 is 19.2 Å². The molecule has 1 heterocycles. The average Bonchev–Trinajstić information content (AvgIpc) is 2.66. The van der Waals surface area contributed by atoms with Crippen LogP contribution in [0.4, 0.5) is 4.79 Å². The van der Waals surface area contributed by atoms with E-state index in [1.54, 1.807) is 45.0 Å². The summed E-state index contributed by atoms with van der Waals surface area (Å²) >= 11 is 0. The largest absolute Gasteiger partial charge is 0.444 e. The van der Waals surface area contributed by atoms with E-state index in [9.17, 15) is 14.4 Å². The Morgan fingerprint density at radius 2 is 1.77 bits per heavy atom. The highest BCUT2D eigenvalue weighted by molar-refractivity contribution is 6.04. The summed E-state index contributed by atoms with van der Waals surface area (Å²) in [5.41, 5.74) is -0.822. The van der Waals surface area contributed by atoms with Crippen LogP contribution in [0.5, 0.6) is 5.75 Å². The second-order valence-corrected chi connectivity index (χ2v) is 8.00. The van der Waals surface area contributed by atoms with Gasteiger partial charge in [0.25, 0.3) is 0 Å². The fourth-order valence-corrected chi connectivity index (χ4v) is 3.10. The number of nitrogens with one attached hydrogen (secondary N) is 1. The molecule has 158 valence electrons. The summed E-state index contributed by atoms with van der Waals surface area (Å²) in [6, 6.07) is 11.2. The topological polar surface area (TPSA) is 94.8 Å². The molecule has 0 aliphatic carbocycles. The first-order valence-corrected chi connectivity index (χ1v) is 9.85. The Labute approximate surface area is 174 Å². The summed E-state index contributed by atoms with van der Waals surface area (Å²) in [6.07, 6.45) is 0.369. The number of ether oxygens (including phenoxy) is 2. The van der Waals surface area contributed by atoms with Gasteiger partial charge in [-0.15, -0.1) is 0 Å². The first-order valence-electron chi connectivity index (χ1n) is 9.85. The summed E-state index contributed by atoms with van der Waals surface area (Å²) in [5.74, 6) is -0.400. The molecule has 0 radical (unpaired) electrons. The number of rotatable bonds is 5. The molecule has 0 unspecified atom stereocenters. The number of fused-ring (bicyclic) bond motifs is 3. The number of esters is 1. The van der Waals surface area contributed by atoms with E-state index in [1.807, 2.05) is 19.1 Å². The van der Waals surface area contributed by atoms with E-state index in [4.69, 9.17) is 13.9 Å². The number of benzene rings is 2. The maximum atomic E-state index is 12.6. The smallest absolute Gasteiger partial charge is 0.408 e. The van der Waals surface area contributed by atoms with Crippen molar-refractivity contribution in [3.05, 3.63) is 52.9 Å². The summed E-state index contributed by atoms with van der Waals surface area (Å²) in [4.78, 5) is 36.9. The van der Waals surface area contributed by atoms with E-state index in [0.717, 1.165) is 10.8 Å². The van der Waals surface area contributed by atoms with Crippen molar-refractivity contribution in [2.75, 3.05) is 0 Å². The normalized spacial score (nSPS) is 12.5. The first-order chi connectivity index (χ1) is 14.2. The van der Waals surface area contributed by atoms with Gasteiger partial charge in [-0.25, -0.2) is 14.4 Å². The van der Waals surface area contributed by atoms with Gasteiger partial charge in [0.2, 0.25) is 0 Å². The minimum atomic E-state index is -0.857. The molecule has 0 aliphatic heterocycles. The molecule has 3 rings (SSSR count). The van der Waals surface area contributed by atoms with Gasteiger partial charge in [0.1, 0.15) is 23.0 Å². The van der Waals surface area contributed by atoms with Crippen LogP contribution in [0.3, 0.4) is 0 Å². The zero-order valence-corrected chi connectivity index (χ0v) is 17.5. The quantitative estimate of drug-likeness (QED) is 0.287. The third kappa shape index (κ3) is 4.97. The van der Waals surface area contributed by atoms with Gasteiger partial charge in [-0.05, 0) is 50.8 Å². The average molecular weight is 411 g/mol. The number of alkyl carbamates (subject to hydrolysis) is 1. The Bertz CT molecular complexity index is 1140. The number of hydrogen-bond acceptors (Lipinski definition) is 6. The minimum absolute atomic E-state index is 0.220. The molecule has 2 aromatic carbocycles. The molecule has 0 spiro atoms. The molecule has 1 amide bonds. The zero-order valence-electron chi connectivity index (χ0n) is 17.5. The van der Waals surface area contributed by atoms with E-state index >= 15 is 0 Å². The predicted octanol–water partition coefficient (Wildman–Crippen LogP) is 4.55. The molecule has 1 aromatic heterocycles. The van der Waals surface area contributed by atoms with Crippen LogP contribution in [-0.4, -0.2) is 23.7 Å². The maximum Gasteiger partial charge on any atom is 0.408 e. The summed E-state index contributed by atoms with van der Waals surface area (Å²) in [5, 5.41) is 4.54. The van der Waals surface area contributed by atoms with Crippen molar-refractivity contribution in [2.45, 2.75) is 52.2 Å². The van der Waals surface area contributed by atoms with Crippen molar-refractivity contribution in [3.8, 4) is 5.75 Å². The first kappa shape index (κ1) is 21.4. The van der Waals surface area contributed by atoms with Gasteiger partial charge in [-0.1, -0.05) is 31.5 Å². The number of hydrogen-bond donors (Lipinski definition) is 1. The van der Waals surface area contributed by atoms with E-state index in [2.05, 4.69) is 5.32 Å². The molecule has 7 nitrogen and oxygen atoms in total. The molecule has 0 saturated heterocycles. The number of carbonyl (C=O) groups excluding carboxylic acids is 2. The van der Waals surface area contributed by atoms with Crippen molar-refractivity contribution in [3.63, 3.8) is 0 Å². The second-order valence-electron chi connectivity index (χ2n) is 8.00. The van der Waals surface area contributed by atoms with Gasteiger partial charge in [0, 0.05) is 11.5 Å². The Kier molecular flexibility index (Phi) is 6.10. The molecular formula is C23H25NO6.